The second kappa shape index (κ2) is 7.51. The van der Waals surface area contributed by atoms with Gasteiger partial charge < -0.3 is 14.6 Å². The molecule has 0 radical (unpaired) electrons. The molecule has 6 heteroatoms. The number of aromatic nitrogens is 2. The molecule has 5 nitrogen and oxygen atoms in total. The summed E-state index contributed by atoms with van der Waals surface area (Å²) in [6.07, 6.45) is 3.96. The maximum Gasteiger partial charge on any atom is 0.244 e. The average Bonchev–Trinajstić information content (AvgIpc) is 3.30. The first-order valence-corrected chi connectivity index (χ1v) is 9.98. The van der Waals surface area contributed by atoms with E-state index >= 15 is 0 Å². The molecular weight excluding hydrogens is 346 g/mol. The van der Waals surface area contributed by atoms with Crippen molar-refractivity contribution in [3.8, 4) is 0 Å². The van der Waals surface area contributed by atoms with Crippen molar-refractivity contribution in [2.45, 2.75) is 30.4 Å². The molecule has 0 aliphatic carbocycles. The monoisotopic (exact) mass is 367 g/mol. The van der Waals surface area contributed by atoms with Crippen molar-refractivity contribution in [1.29, 1.82) is 0 Å². The molecule has 2 heterocycles. The van der Waals surface area contributed by atoms with Gasteiger partial charge in [-0.25, -0.2) is 4.98 Å². The second-order valence-electron chi connectivity index (χ2n) is 6.33. The summed E-state index contributed by atoms with van der Waals surface area (Å²) in [6, 6.07) is 15.8. The van der Waals surface area contributed by atoms with E-state index in [1.54, 1.807) is 11.8 Å². The molecule has 2 aromatic carbocycles. The highest BCUT2D eigenvalue weighted by Crippen LogP contribution is 2.30. The van der Waals surface area contributed by atoms with Crippen molar-refractivity contribution in [2.75, 3.05) is 18.2 Å². The van der Waals surface area contributed by atoms with Gasteiger partial charge in [-0.3, -0.25) is 4.79 Å². The summed E-state index contributed by atoms with van der Waals surface area (Å²) in [7, 11) is 0. The molecule has 1 atom stereocenters. The lowest BCUT2D eigenvalue weighted by Gasteiger charge is -2.14. The fourth-order valence-corrected chi connectivity index (χ4v) is 3.79. The molecule has 1 aliphatic rings. The Kier molecular flexibility index (Phi) is 4.95. The second-order valence-corrected chi connectivity index (χ2v) is 7.21. The number of thioether (sulfide) groups is 1. The third-order valence-electron chi connectivity index (χ3n) is 4.56. The molecule has 1 aromatic heterocycles. The zero-order valence-corrected chi connectivity index (χ0v) is 15.5. The zero-order valence-electron chi connectivity index (χ0n) is 14.6. The number of rotatable bonds is 5. The molecule has 4 rings (SSSR count). The molecule has 0 bridgehead atoms. The largest absolute Gasteiger partial charge is 0.370 e. The van der Waals surface area contributed by atoms with Crippen LogP contribution >= 0.6 is 11.8 Å². The number of fused-ring (bicyclic) bond motifs is 1. The van der Waals surface area contributed by atoms with E-state index in [-0.39, 0.29) is 18.6 Å². The number of amides is 1. The number of benzene rings is 2. The summed E-state index contributed by atoms with van der Waals surface area (Å²) in [4.78, 5) is 18.5. The number of para-hydroxylation sites is 2. The number of imidazole rings is 1. The van der Waals surface area contributed by atoms with Crippen molar-refractivity contribution in [3.63, 3.8) is 0 Å². The molecule has 1 fully saturated rings. The minimum atomic E-state index is -0.0642. The Bertz CT molecular complexity index is 932. The van der Waals surface area contributed by atoms with Crippen molar-refractivity contribution < 1.29 is 9.53 Å². The van der Waals surface area contributed by atoms with Gasteiger partial charge in [-0.15, -0.1) is 11.8 Å². The van der Waals surface area contributed by atoms with Gasteiger partial charge in [0.1, 0.15) is 18.5 Å². The van der Waals surface area contributed by atoms with E-state index in [0.717, 1.165) is 46.9 Å². The molecule has 0 spiro atoms. The summed E-state index contributed by atoms with van der Waals surface area (Å²) >= 11 is 1.65. The van der Waals surface area contributed by atoms with E-state index in [4.69, 9.17) is 9.72 Å². The first-order chi connectivity index (χ1) is 12.7. The van der Waals surface area contributed by atoms with Crippen LogP contribution in [0.5, 0.6) is 0 Å². The van der Waals surface area contributed by atoms with Crippen molar-refractivity contribution in [2.24, 2.45) is 0 Å². The highest BCUT2D eigenvalue weighted by atomic mass is 32.2. The zero-order chi connectivity index (χ0) is 17.9. The Morgan fingerprint density at radius 3 is 3.00 bits per heavy atom. The molecule has 1 unspecified atom stereocenters. The van der Waals surface area contributed by atoms with Crippen LogP contribution in [0.4, 0.5) is 5.69 Å². The van der Waals surface area contributed by atoms with Crippen LogP contribution in [-0.4, -0.2) is 28.3 Å². The summed E-state index contributed by atoms with van der Waals surface area (Å²) in [6.45, 7) is 0.973. The van der Waals surface area contributed by atoms with Crippen LogP contribution in [-0.2, 0) is 16.1 Å². The van der Waals surface area contributed by atoms with E-state index in [9.17, 15) is 4.79 Å². The lowest BCUT2D eigenvalue weighted by atomic mass is 10.2. The lowest BCUT2D eigenvalue weighted by molar-refractivity contribution is -0.116. The van der Waals surface area contributed by atoms with E-state index in [0.29, 0.717) is 0 Å². The minimum absolute atomic E-state index is 0.0324. The number of anilines is 1. The maximum absolute atomic E-state index is 12.7. The Morgan fingerprint density at radius 1 is 1.31 bits per heavy atom. The van der Waals surface area contributed by atoms with Crippen LogP contribution < -0.4 is 5.32 Å². The number of carbonyl (C=O) groups excluding carboxylic acids is 1. The first-order valence-electron chi connectivity index (χ1n) is 8.75. The number of nitrogens with one attached hydrogen (secondary N) is 1. The van der Waals surface area contributed by atoms with Crippen molar-refractivity contribution in [1.82, 2.24) is 9.55 Å². The Labute approximate surface area is 156 Å². The number of ether oxygens (including phenoxy) is 1. The normalized spacial score (nSPS) is 16.9. The van der Waals surface area contributed by atoms with Gasteiger partial charge >= 0.3 is 0 Å². The van der Waals surface area contributed by atoms with Crippen molar-refractivity contribution >= 4 is 34.4 Å². The number of hydrogen-bond acceptors (Lipinski definition) is 4. The summed E-state index contributed by atoms with van der Waals surface area (Å²) in [5.41, 5.74) is 2.67. The maximum atomic E-state index is 12.7. The molecule has 134 valence electrons. The van der Waals surface area contributed by atoms with Crippen LogP contribution in [0.25, 0.3) is 11.0 Å². The van der Waals surface area contributed by atoms with Crippen LogP contribution in [0, 0.1) is 0 Å². The number of nitrogens with zero attached hydrogens (tertiary/aromatic N) is 2. The SMILES string of the molecule is CSc1cccc(NC(=O)Cn2c(C3CCCO3)nc3ccccc32)c1. The fraction of sp³-hybridized carbons (Fsp3) is 0.300. The minimum Gasteiger partial charge on any atom is -0.370 e. The van der Waals surface area contributed by atoms with Crippen LogP contribution in [0.15, 0.2) is 53.4 Å². The molecule has 0 saturated carbocycles. The van der Waals surface area contributed by atoms with Gasteiger partial charge in [0, 0.05) is 17.2 Å². The molecule has 26 heavy (non-hydrogen) atoms. The van der Waals surface area contributed by atoms with Gasteiger partial charge in [0.2, 0.25) is 5.91 Å². The lowest BCUT2D eigenvalue weighted by Crippen LogP contribution is -2.21. The van der Waals surface area contributed by atoms with Gasteiger partial charge in [0.15, 0.2) is 0 Å². The van der Waals surface area contributed by atoms with E-state index in [1.807, 2.05) is 59.4 Å². The number of carbonyl (C=O) groups is 1. The summed E-state index contributed by atoms with van der Waals surface area (Å²) < 4.78 is 7.81. The molecule has 1 aliphatic heterocycles. The third kappa shape index (κ3) is 3.48. The quantitative estimate of drug-likeness (QED) is 0.685. The summed E-state index contributed by atoms with van der Waals surface area (Å²) in [5, 5.41) is 3.00. The van der Waals surface area contributed by atoms with Gasteiger partial charge in [-0.1, -0.05) is 18.2 Å². The standard InChI is InChI=1S/C20H21N3O2S/c1-26-15-7-4-6-14(12-15)21-19(24)13-23-17-9-3-2-8-16(17)22-20(23)18-10-5-11-25-18/h2-4,6-9,12,18H,5,10-11,13H2,1H3,(H,21,24). The van der Waals surface area contributed by atoms with Crippen LogP contribution in [0.3, 0.4) is 0 Å². The first kappa shape index (κ1) is 17.1. The van der Waals surface area contributed by atoms with E-state index in [2.05, 4.69) is 5.32 Å². The predicted octanol–water partition coefficient (Wildman–Crippen LogP) is 4.25. The van der Waals surface area contributed by atoms with Crippen LogP contribution in [0.1, 0.15) is 24.8 Å². The van der Waals surface area contributed by atoms with Gasteiger partial charge in [0.25, 0.3) is 0 Å². The van der Waals surface area contributed by atoms with Crippen molar-refractivity contribution in [3.05, 3.63) is 54.4 Å². The highest BCUT2D eigenvalue weighted by Gasteiger charge is 2.25. The molecule has 1 N–H and O–H groups in total. The van der Waals surface area contributed by atoms with Gasteiger partial charge in [-0.05, 0) is 49.4 Å². The Morgan fingerprint density at radius 2 is 2.19 bits per heavy atom. The fourth-order valence-electron chi connectivity index (χ4n) is 3.33. The molecule has 1 amide bonds. The van der Waals surface area contributed by atoms with E-state index in [1.165, 1.54) is 0 Å². The smallest absolute Gasteiger partial charge is 0.244 e. The topological polar surface area (TPSA) is 56.2 Å². The van der Waals surface area contributed by atoms with Crippen LogP contribution in [0.2, 0.25) is 0 Å². The third-order valence-corrected chi connectivity index (χ3v) is 5.28. The van der Waals surface area contributed by atoms with Gasteiger partial charge in [-0.2, -0.15) is 0 Å². The average molecular weight is 367 g/mol. The Balaban J connectivity index is 1.61. The van der Waals surface area contributed by atoms with Gasteiger partial charge in [0.05, 0.1) is 11.0 Å². The highest BCUT2D eigenvalue weighted by molar-refractivity contribution is 7.98. The molecule has 1 saturated heterocycles. The molecule has 3 aromatic rings. The predicted molar refractivity (Wildman–Crippen MR) is 105 cm³/mol. The Hall–Kier alpha value is -2.31. The number of hydrogen-bond donors (Lipinski definition) is 1. The van der Waals surface area contributed by atoms with E-state index < -0.39 is 0 Å². The summed E-state index contributed by atoms with van der Waals surface area (Å²) in [5.74, 6) is 0.780. The molecular formula is C20H21N3O2S.